The maximum absolute atomic E-state index is 12.0. The van der Waals surface area contributed by atoms with Gasteiger partial charge < -0.3 is 16.0 Å². The minimum Gasteiger partial charge on any atom is -0.326 e. The summed E-state index contributed by atoms with van der Waals surface area (Å²) < 4.78 is 0. The van der Waals surface area contributed by atoms with Gasteiger partial charge in [0.15, 0.2) is 0 Å². The van der Waals surface area contributed by atoms with Gasteiger partial charge in [0.2, 0.25) is 11.8 Å². The molecule has 0 aromatic heterocycles. The van der Waals surface area contributed by atoms with Gasteiger partial charge in [-0.2, -0.15) is 0 Å². The minimum atomic E-state index is -0.0383. The second-order valence-electron chi connectivity index (χ2n) is 6.13. The number of hydrogen-bond donors (Lipinski definition) is 3. The lowest BCUT2D eigenvalue weighted by Crippen LogP contribution is -2.31. The second kappa shape index (κ2) is 10.6. The lowest BCUT2D eigenvalue weighted by Gasteiger charge is -2.13. The fraction of sp³-hybridized carbons (Fsp3) is 0.300. The third kappa shape index (κ3) is 7.68. The zero-order valence-corrected chi connectivity index (χ0v) is 15.6. The van der Waals surface area contributed by atoms with E-state index in [9.17, 15) is 9.59 Å². The molecule has 5 nitrogen and oxygen atoms in total. The van der Waals surface area contributed by atoms with Crippen molar-refractivity contribution in [1.82, 2.24) is 5.32 Å². The van der Waals surface area contributed by atoms with Gasteiger partial charge in [-0.15, -0.1) is 0 Å². The predicted octanol–water partition coefficient (Wildman–Crippen LogP) is 4.07. The van der Waals surface area contributed by atoms with Crippen molar-refractivity contribution < 1.29 is 9.59 Å². The molecule has 26 heavy (non-hydrogen) atoms. The van der Waals surface area contributed by atoms with E-state index in [1.165, 1.54) is 0 Å². The first-order valence-electron chi connectivity index (χ1n) is 8.66. The van der Waals surface area contributed by atoms with Gasteiger partial charge in [0.05, 0.1) is 0 Å². The van der Waals surface area contributed by atoms with Crippen LogP contribution in [0.1, 0.15) is 26.2 Å². The molecule has 2 aromatic rings. The van der Waals surface area contributed by atoms with Crippen LogP contribution in [0.3, 0.4) is 0 Å². The van der Waals surface area contributed by atoms with E-state index in [-0.39, 0.29) is 17.9 Å². The van der Waals surface area contributed by atoms with Crippen LogP contribution in [0.15, 0.2) is 54.6 Å². The highest BCUT2D eigenvalue weighted by Crippen LogP contribution is 2.13. The number of benzene rings is 2. The van der Waals surface area contributed by atoms with Gasteiger partial charge in [0, 0.05) is 35.3 Å². The Morgan fingerprint density at radius 3 is 2.23 bits per heavy atom. The topological polar surface area (TPSA) is 70.2 Å². The molecule has 2 rings (SSSR count). The van der Waals surface area contributed by atoms with E-state index in [2.05, 4.69) is 16.0 Å². The lowest BCUT2D eigenvalue weighted by molar-refractivity contribution is -0.117. The molecule has 0 saturated carbocycles. The molecule has 2 amide bonds. The fourth-order valence-corrected chi connectivity index (χ4v) is 2.56. The first-order valence-corrected chi connectivity index (χ1v) is 9.04. The number of amides is 2. The van der Waals surface area contributed by atoms with E-state index in [4.69, 9.17) is 11.6 Å². The number of carbonyl (C=O) groups excluding carboxylic acids is 2. The minimum absolute atomic E-state index is 0.0309. The summed E-state index contributed by atoms with van der Waals surface area (Å²) in [5, 5.41) is 9.59. The van der Waals surface area contributed by atoms with Crippen molar-refractivity contribution in [3.8, 4) is 0 Å². The first kappa shape index (κ1) is 19.9. The Morgan fingerprint density at radius 1 is 0.923 bits per heavy atom. The van der Waals surface area contributed by atoms with Gasteiger partial charge in [-0.3, -0.25) is 9.59 Å². The molecule has 0 aliphatic heterocycles. The molecule has 0 heterocycles. The molecular weight excluding hydrogens is 350 g/mol. The summed E-state index contributed by atoms with van der Waals surface area (Å²) >= 11 is 5.81. The summed E-state index contributed by atoms with van der Waals surface area (Å²) in [6.45, 7) is 2.63. The number of nitrogens with one attached hydrogen (secondary N) is 3. The Kier molecular flexibility index (Phi) is 8.12. The molecule has 0 fully saturated rings. The van der Waals surface area contributed by atoms with Crippen molar-refractivity contribution in [2.24, 2.45) is 0 Å². The SMILES string of the molecule is CC(CC(=O)Nc1ccccc1)NCCCC(=O)Nc1ccc(Cl)cc1. The van der Waals surface area contributed by atoms with Gasteiger partial charge in [0.25, 0.3) is 0 Å². The molecule has 2 aromatic carbocycles. The molecule has 0 aliphatic rings. The van der Waals surface area contributed by atoms with E-state index in [1.807, 2.05) is 37.3 Å². The van der Waals surface area contributed by atoms with Crippen LogP contribution in [0.2, 0.25) is 5.02 Å². The zero-order chi connectivity index (χ0) is 18.8. The molecule has 138 valence electrons. The van der Waals surface area contributed by atoms with E-state index in [0.717, 1.165) is 11.4 Å². The van der Waals surface area contributed by atoms with Crippen molar-refractivity contribution >= 4 is 34.8 Å². The summed E-state index contributed by atoms with van der Waals surface area (Å²) in [6, 6.07) is 16.4. The van der Waals surface area contributed by atoms with E-state index < -0.39 is 0 Å². The molecule has 0 radical (unpaired) electrons. The van der Waals surface area contributed by atoms with Gasteiger partial charge in [0.1, 0.15) is 0 Å². The maximum Gasteiger partial charge on any atom is 0.225 e. The quantitative estimate of drug-likeness (QED) is 0.580. The van der Waals surface area contributed by atoms with Crippen molar-refractivity contribution in [2.45, 2.75) is 32.2 Å². The van der Waals surface area contributed by atoms with Crippen LogP contribution in [-0.4, -0.2) is 24.4 Å². The Hall–Kier alpha value is -2.37. The number of carbonyl (C=O) groups is 2. The van der Waals surface area contributed by atoms with Crippen LogP contribution < -0.4 is 16.0 Å². The predicted molar refractivity (Wildman–Crippen MR) is 106 cm³/mol. The Balaban J connectivity index is 1.59. The number of halogens is 1. The molecule has 1 atom stereocenters. The number of para-hydroxylation sites is 1. The Labute approximate surface area is 159 Å². The van der Waals surface area contributed by atoms with E-state index in [0.29, 0.717) is 30.8 Å². The van der Waals surface area contributed by atoms with Crippen molar-refractivity contribution in [3.05, 3.63) is 59.6 Å². The third-order valence-electron chi connectivity index (χ3n) is 3.75. The van der Waals surface area contributed by atoms with Crippen LogP contribution in [-0.2, 0) is 9.59 Å². The molecule has 3 N–H and O–H groups in total. The second-order valence-corrected chi connectivity index (χ2v) is 6.57. The van der Waals surface area contributed by atoms with Crippen molar-refractivity contribution in [3.63, 3.8) is 0 Å². The highest BCUT2D eigenvalue weighted by atomic mass is 35.5. The number of hydrogen-bond acceptors (Lipinski definition) is 3. The standard InChI is InChI=1S/C20H24ClN3O2/c1-15(14-20(26)24-17-6-3-2-4-7-17)22-13-5-8-19(25)23-18-11-9-16(21)10-12-18/h2-4,6-7,9-12,15,22H,5,8,13-14H2,1H3,(H,23,25)(H,24,26). The molecular formula is C20H24ClN3O2. The largest absolute Gasteiger partial charge is 0.326 e. The molecule has 6 heteroatoms. The van der Waals surface area contributed by atoms with Gasteiger partial charge in [-0.25, -0.2) is 0 Å². The van der Waals surface area contributed by atoms with Gasteiger partial charge in [-0.1, -0.05) is 29.8 Å². The van der Waals surface area contributed by atoms with Crippen LogP contribution in [0.25, 0.3) is 0 Å². The third-order valence-corrected chi connectivity index (χ3v) is 4.00. The monoisotopic (exact) mass is 373 g/mol. The highest BCUT2D eigenvalue weighted by Gasteiger charge is 2.09. The first-order chi connectivity index (χ1) is 12.5. The summed E-state index contributed by atoms with van der Waals surface area (Å²) in [5.41, 5.74) is 1.53. The maximum atomic E-state index is 12.0. The summed E-state index contributed by atoms with van der Waals surface area (Å²) in [5.74, 6) is -0.0692. The molecule has 0 aliphatic carbocycles. The smallest absolute Gasteiger partial charge is 0.225 e. The fourth-order valence-electron chi connectivity index (χ4n) is 2.44. The van der Waals surface area contributed by atoms with Crippen molar-refractivity contribution in [2.75, 3.05) is 17.2 Å². The van der Waals surface area contributed by atoms with Gasteiger partial charge in [-0.05, 0) is 56.3 Å². The highest BCUT2D eigenvalue weighted by molar-refractivity contribution is 6.30. The average Bonchev–Trinajstić information content (AvgIpc) is 2.61. The Bertz CT molecular complexity index is 705. The van der Waals surface area contributed by atoms with Gasteiger partial charge >= 0.3 is 0 Å². The zero-order valence-electron chi connectivity index (χ0n) is 14.8. The normalized spacial score (nSPS) is 11.6. The van der Waals surface area contributed by atoms with Crippen LogP contribution in [0.4, 0.5) is 11.4 Å². The van der Waals surface area contributed by atoms with Crippen molar-refractivity contribution in [1.29, 1.82) is 0 Å². The summed E-state index contributed by atoms with van der Waals surface area (Å²) in [4.78, 5) is 23.9. The van der Waals surface area contributed by atoms with Crippen LogP contribution in [0.5, 0.6) is 0 Å². The van der Waals surface area contributed by atoms with Crippen LogP contribution >= 0.6 is 11.6 Å². The lowest BCUT2D eigenvalue weighted by atomic mass is 10.2. The molecule has 0 spiro atoms. The van der Waals surface area contributed by atoms with E-state index in [1.54, 1.807) is 24.3 Å². The number of anilines is 2. The van der Waals surface area contributed by atoms with E-state index >= 15 is 0 Å². The molecule has 0 bridgehead atoms. The molecule has 0 saturated heterocycles. The van der Waals surface area contributed by atoms with Crippen LogP contribution in [0, 0.1) is 0 Å². The Morgan fingerprint density at radius 2 is 1.54 bits per heavy atom. The number of rotatable bonds is 9. The average molecular weight is 374 g/mol. The summed E-state index contributed by atoms with van der Waals surface area (Å²) in [6.07, 6.45) is 1.49. The molecule has 1 unspecified atom stereocenters. The summed E-state index contributed by atoms with van der Waals surface area (Å²) in [7, 11) is 0.